The third-order valence-electron chi connectivity index (χ3n) is 2.39. The van der Waals surface area contributed by atoms with Gasteiger partial charge in [0.25, 0.3) is 0 Å². The van der Waals surface area contributed by atoms with Crippen LogP contribution in [-0.2, 0) is 0 Å². The van der Waals surface area contributed by atoms with Gasteiger partial charge in [-0.2, -0.15) is 0 Å². The van der Waals surface area contributed by atoms with Crippen molar-refractivity contribution in [2.45, 2.75) is 26.3 Å². The van der Waals surface area contributed by atoms with Gasteiger partial charge in [0.2, 0.25) is 0 Å². The van der Waals surface area contributed by atoms with Crippen molar-refractivity contribution in [1.82, 2.24) is 10.3 Å². The van der Waals surface area contributed by atoms with Crippen LogP contribution in [0.1, 0.15) is 25.8 Å². The molecule has 0 amide bonds. The highest BCUT2D eigenvalue weighted by Crippen LogP contribution is 2.14. The second kappa shape index (κ2) is 4.96. The number of rotatable bonds is 3. The summed E-state index contributed by atoms with van der Waals surface area (Å²) in [5, 5.41) is 6.66. The summed E-state index contributed by atoms with van der Waals surface area (Å²) in [6.07, 6.45) is 2.91. The normalized spacial score (nSPS) is 15.6. The molecular weight excluding hydrogens is 200 g/mol. The fourth-order valence-corrected chi connectivity index (χ4v) is 1.70. The van der Waals surface area contributed by atoms with Crippen LogP contribution in [0.3, 0.4) is 0 Å². The van der Waals surface area contributed by atoms with E-state index in [1.165, 1.54) is 0 Å². The van der Waals surface area contributed by atoms with Crippen molar-refractivity contribution in [2.75, 3.05) is 18.4 Å². The van der Waals surface area contributed by atoms with Crippen LogP contribution in [0.5, 0.6) is 0 Å². The molecule has 0 aromatic carbocycles. The first-order valence-corrected chi connectivity index (χ1v) is 5.77. The molecule has 1 aromatic heterocycles. The second-order valence-electron chi connectivity index (χ2n) is 4.21. The van der Waals surface area contributed by atoms with Crippen LogP contribution < -0.4 is 10.6 Å². The Bertz CT molecular complexity index is 384. The van der Waals surface area contributed by atoms with Gasteiger partial charge in [-0.25, -0.2) is 4.98 Å². The first kappa shape index (κ1) is 10.9. The van der Waals surface area contributed by atoms with Crippen LogP contribution in [0.4, 0.5) is 5.82 Å². The SMILES string of the molecule is CC(C)Nc1ncccc1C1=NCCCN1. The van der Waals surface area contributed by atoms with Gasteiger partial charge in [-0.3, -0.25) is 4.99 Å². The van der Waals surface area contributed by atoms with Crippen molar-refractivity contribution >= 4 is 11.7 Å². The molecule has 86 valence electrons. The molecule has 0 fully saturated rings. The van der Waals surface area contributed by atoms with Gasteiger partial charge >= 0.3 is 0 Å². The average Bonchev–Trinajstić information content (AvgIpc) is 2.30. The van der Waals surface area contributed by atoms with Gasteiger partial charge in [0, 0.05) is 25.3 Å². The summed E-state index contributed by atoms with van der Waals surface area (Å²) < 4.78 is 0. The van der Waals surface area contributed by atoms with Crippen LogP contribution in [-0.4, -0.2) is 30.0 Å². The van der Waals surface area contributed by atoms with Crippen molar-refractivity contribution in [3.05, 3.63) is 23.9 Å². The molecule has 16 heavy (non-hydrogen) atoms. The Hall–Kier alpha value is -1.58. The number of nitrogens with zero attached hydrogens (tertiary/aromatic N) is 2. The summed E-state index contributed by atoms with van der Waals surface area (Å²) in [5.74, 6) is 1.87. The molecule has 1 aliphatic rings. The molecule has 0 saturated carbocycles. The minimum Gasteiger partial charge on any atom is -0.370 e. The Kier molecular flexibility index (Phi) is 3.39. The predicted molar refractivity (Wildman–Crippen MR) is 67.0 cm³/mol. The summed E-state index contributed by atoms with van der Waals surface area (Å²) in [6, 6.07) is 4.37. The molecule has 4 nitrogen and oxygen atoms in total. The van der Waals surface area contributed by atoms with Crippen molar-refractivity contribution in [3.8, 4) is 0 Å². The van der Waals surface area contributed by atoms with E-state index >= 15 is 0 Å². The maximum Gasteiger partial charge on any atom is 0.137 e. The summed E-state index contributed by atoms with van der Waals surface area (Å²) in [7, 11) is 0. The monoisotopic (exact) mass is 218 g/mol. The first-order chi connectivity index (χ1) is 7.77. The second-order valence-corrected chi connectivity index (χ2v) is 4.21. The van der Waals surface area contributed by atoms with E-state index in [2.05, 4.69) is 40.5 Å². The van der Waals surface area contributed by atoms with Crippen LogP contribution in [0.25, 0.3) is 0 Å². The molecule has 2 N–H and O–H groups in total. The Morgan fingerprint density at radius 1 is 1.44 bits per heavy atom. The van der Waals surface area contributed by atoms with Gasteiger partial charge in [-0.05, 0) is 32.4 Å². The summed E-state index contributed by atoms with van der Waals surface area (Å²) in [4.78, 5) is 8.86. The third kappa shape index (κ3) is 2.51. The highest BCUT2D eigenvalue weighted by molar-refractivity contribution is 6.03. The predicted octanol–water partition coefficient (Wildman–Crippen LogP) is 1.64. The Morgan fingerprint density at radius 3 is 3.00 bits per heavy atom. The smallest absolute Gasteiger partial charge is 0.137 e. The van der Waals surface area contributed by atoms with Crippen LogP contribution in [0.15, 0.2) is 23.3 Å². The molecular formula is C12H18N4. The van der Waals surface area contributed by atoms with Gasteiger partial charge < -0.3 is 10.6 Å². The minimum atomic E-state index is 0.373. The van der Waals surface area contributed by atoms with E-state index in [0.717, 1.165) is 36.7 Å². The van der Waals surface area contributed by atoms with E-state index in [-0.39, 0.29) is 0 Å². The zero-order chi connectivity index (χ0) is 11.4. The lowest BCUT2D eigenvalue weighted by molar-refractivity contribution is 0.742. The maximum atomic E-state index is 4.49. The number of aliphatic imine (C=N–C) groups is 1. The zero-order valence-electron chi connectivity index (χ0n) is 9.83. The quantitative estimate of drug-likeness (QED) is 0.811. The fourth-order valence-electron chi connectivity index (χ4n) is 1.70. The van der Waals surface area contributed by atoms with Crippen molar-refractivity contribution in [1.29, 1.82) is 0 Å². The van der Waals surface area contributed by atoms with Gasteiger partial charge in [0.1, 0.15) is 11.7 Å². The molecule has 0 atom stereocenters. The number of pyridine rings is 1. The topological polar surface area (TPSA) is 49.3 Å². The van der Waals surface area contributed by atoms with E-state index in [1.807, 2.05) is 6.07 Å². The number of anilines is 1. The van der Waals surface area contributed by atoms with Crippen LogP contribution >= 0.6 is 0 Å². The average molecular weight is 218 g/mol. The summed E-state index contributed by atoms with van der Waals surface area (Å²) in [5.41, 5.74) is 1.07. The first-order valence-electron chi connectivity index (χ1n) is 5.77. The molecule has 0 unspecified atom stereocenters. The van der Waals surface area contributed by atoms with E-state index < -0.39 is 0 Å². The van der Waals surface area contributed by atoms with Gasteiger partial charge in [-0.1, -0.05) is 0 Å². The van der Waals surface area contributed by atoms with Gasteiger partial charge in [-0.15, -0.1) is 0 Å². The van der Waals surface area contributed by atoms with Crippen molar-refractivity contribution in [2.24, 2.45) is 4.99 Å². The van der Waals surface area contributed by atoms with E-state index in [9.17, 15) is 0 Å². The number of nitrogens with one attached hydrogen (secondary N) is 2. The van der Waals surface area contributed by atoms with Crippen molar-refractivity contribution in [3.63, 3.8) is 0 Å². The molecule has 2 heterocycles. The third-order valence-corrected chi connectivity index (χ3v) is 2.39. The van der Waals surface area contributed by atoms with Crippen LogP contribution in [0, 0.1) is 0 Å². The molecule has 0 saturated heterocycles. The van der Waals surface area contributed by atoms with E-state index in [4.69, 9.17) is 0 Å². The maximum absolute atomic E-state index is 4.49. The van der Waals surface area contributed by atoms with Gasteiger partial charge in [0.15, 0.2) is 0 Å². The molecule has 1 aliphatic heterocycles. The lowest BCUT2D eigenvalue weighted by Crippen LogP contribution is -2.31. The number of amidine groups is 1. The highest BCUT2D eigenvalue weighted by atomic mass is 15.1. The number of hydrogen-bond donors (Lipinski definition) is 2. The van der Waals surface area contributed by atoms with Gasteiger partial charge in [0.05, 0.1) is 5.56 Å². The number of hydrogen-bond acceptors (Lipinski definition) is 4. The molecule has 2 rings (SSSR count). The minimum absolute atomic E-state index is 0.373. The molecule has 0 radical (unpaired) electrons. The zero-order valence-corrected chi connectivity index (χ0v) is 9.83. The Labute approximate surface area is 96.2 Å². The molecule has 1 aromatic rings. The largest absolute Gasteiger partial charge is 0.370 e. The summed E-state index contributed by atoms with van der Waals surface area (Å²) in [6.45, 7) is 6.11. The molecule has 0 bridgehead atoms. The Balaban J connectivity index is 2.28. The molecule has 4 heteroatoms. The summed E-state index contributed by atoms with van der Waals surface area (Å²) >= 11 is 0. The van der Waals surface area contributed by atoms with Crippen LogP contribution in [0.2, 0.25) is 0 Å². The fraction of sp³-hybridized carbons (Fsp3) is 0.500. The highest BCUT2D eigenvalue weighted by Gasteiger charge is 2.12. The standard InChI is InChI=1S/C12H18N4/c1-9(2)16-12-10(5-3-6-15-12)11-13-7-4-8-14-11/h3,5-6,9H,4,7-8H2,1-2H3,(H,13,14)(H,15,16). The van der Waals surface area contributed by atoms with E-state index in [0.29, 0.717) is 6.04 Å². The molecule has 0 aliphatic carbocycles. The van der Waals surface area contributed by atoms with Crippen molar-refractivity contribution < 1.29 is 0 Å². The number of aromatic nitrogens is 1. The van der Waals surface area contributed by atoms with E-state index in [1.54, 1.807) is 6.20 Å². The molecule has 0 spiro atoms. The lowest BCUT2D eigenvalue weighted by Gasteiger charge is -2.18. The Morgan fingerprint density at radius 2 is 2.31 bits per heavy atom. The lowest BCUT2D eigenvalue weighted by atomic mass is 10.2.